The molecule has 1 fully saturated rings. The number of aliphatic hydroxyl groups is 1. The van der Waals surface area contributed by atoms with Crippen LogP contribution in [0.3, 0.4) is 0 Å². The summed E-state index contributed by atoms with van der Waals surface area (Å²) < 4.78 is 0. The van der Waals surface area contributed by atoms with Crippen molar-refractivity contribution in [3.63, 3.8) is 0 Å². The lowest BCUT2D eigenvalue weighted by molar-refractivity contribution is 0.0157. The number of hydrogen-bond acceptors (Lipinski definition) is 5. The van der Waals surface area contributed by atoms with Crippen LogP contribution in [0.4, 0.5) is 0 Å². The van der Waals surface area contributed by atoms with Gasteiger partial charge >= 0.3 is 0 Å². The van der Waals surface area contributed by atoms with Gasteiger partial charge in [-0.15, -0.1) is 0 Å². The normalized spacial score (nSPS) is 18.8. The quantitative estimate of drug-likeness (QED) is 0.451. The number of amidine groups is 1. The summed E-state index contributed by atoms with van der Waals surface area (Å²) in [6.07, 6.45) is 6.44. The SMILES string of the molecule is N/C(=N\OC[C@@H](O)CN1CCCCC1)c1cccnc1. The van der Waals surface area contributed by atoms with E-state index in [-0.39, 0.29) is 12.4 Å². The first kappa shape index (κ1) is 14.7. The first-order valence-corrected chi connectivity index (χ1v) is 7.02. The predicted molar refractivity (Wildman–Crippen MR) is 77.2 cm³/mol. The minimum Gasteiger partial charge on any atom is -0.391 e. The lowest BCUT2D eigenvalue weighted by atomic mass is 10.1. The maximum absolute atomic E-state index is 9.90. The third-order valence-electron chi connectivity index (χ3n) is 3.30. The van der Waals surface area contributed by atoms with Crippen molar-refractivity contribution >= 4 is 5.84 Å². The molecule has 6 nitrogen and oxygen atoms in total. The Bertz CT molecular complexity index is 418. The van der Waals surface area contributed by atoms with Crippen LogP contribution in [0.15, 0.2) is 29.7 Å². The van der Waals surface area contributed by atoms with Gasteiger partial charge in [0, 0.05) is 24.5 Å². The molecule has 3 N–H and O–H groups in total. The molecule has 0 radical (unpaired) electrons. The summed E-state index contributed by atoms with van der Waals surface area (Å²) in [6, 6.07) is 3.59. The highest BCUT2D eigenvalue weighted by Crippen LogP contribution is 2.09. The first-order valence-electron chi connectivity index (χ1n) is 7.02. The van der Waals surface area contributed by atoms with Gasteiger partial charge in [-0.05, 0) is 38.1 Å². The molecule has 0 aromatic carbocycles. The van der Waals surface area contributed by atoms with Crippen LogP contribution in [0.5, 0.6) is 0 Å². The average molecular weight is 278 g/mol. The van der Waals surface area contributed by atoms with Gasteiger partial charge in [-0.2, -0.15) is 0 Å². The van der Waals surface area contributed by atoms with E-state index in [0.717, 1.165) is 13.1 Å². The highest BCUT2D eigenvalue weighted by atomic mass is 16.6. The average Bonchev–Trinajstić information content (AvgIpc) is 2.49. The number of β-amino-alcohol motifs (C(OH)–C–C–N with tert-alkyl or cyclic N) is 1. The summed E-state index contributed by atoms with van der Waals surface area (Å²) in [5.74, 6) is 0.267. The van der Waals surface area contributed by atoms with Crippen LogP contribution < -0.4 is 5.73 Å². The Labute approximate surface area is 119 Å². The second-order valence-electron chi connectivity index (χ2n) is 5.03. The van der Waals surface area contributed by atoms with E-state index < -0.39 is 6.10 Å². The monoisotopic (exact) mass is 278 g/mol. The molecule has 1 aliphatic rings. The van der Waals surface area contributed by atoms with Crippen LogP contribution in [0, 0.1) is 0 Å². The Morgan fingerprint density at radius 3 is 2.95 bits per heavy atom. The summed E-state index contributed by atoms with van der Waals surface area (Å²) in [5.41, 5.74) is 6.46. The molecule has 2 rings (SSSR count). The number of nitrogens with zero attached hydrogens (tertiary/aromatic N) is 3. The topological polar surface area (TPSA) is 84.0 Å². The molecule has 0 bridgehead atoms. The fraction of sp³-hybridized carbons (Fsp3) is 0.571. The predicted octanol–water partition coefficient (Wildman–Crippen LogP) is 0.565. The zero-order valence-corrected chi connectivity index (χ0v) is 11.6. The van der Waals surface area contributed by atoms with Crippen molar-refractivity contribution < 1.29 is 9.94 Å². The van der Waals surface area contributed by atoms with Gasteiger partial charge in [0.2, 0.25) is 0 Å². The van der Waals surface area contributed by atoms with Gasteiger partial charge in [-0.3, -0.25) is 4.98 Å². The van der Waals surface area contributed by atoms with Crippen LogP contribution >= 0.6 is 0 Å². The number of hydrogen-bond donors (Lipinski definition) is 2. The van der Waals surface area contributed by atoms with E-state index in [4.69, 9.17) is 10.6 Å². The van der Waals surface area contributed by atoms with Gasteiger partial charge in [0.1, 0.15) is 12.7 Å². The van der Waals surface area contributed by atoms with E-state index in [0.29, 0.717) is 12.1 Å². The molecule has 1 aromatic heterocycles. The Morgan fingerprint density at radius 1 is 1.45 bits per heavy atom. The molecule has 0 spiro atoms. The second kappa shape index (κ2) is 7.81. The van der Waals surface area contributed by atoms with E-state index in [1.54, 1.807) is 24.5 Å². The largest absolute Gasteiger partial charge is 0.391 e. The zero-order valence-electron chi connectivity index (χ0n) is 11.6. The molecule has 1 aromatic rings. The molecule has 0 amide bonds. The minimum absolute atomic E-state index is 0.150. The van der Waals surface area contributed by atoms with Crippen LogP contribution in [-0.2, 0) is 4.84 Å². The molecule has 2 heterocycles. The van der Waals surface area contributed by atoms with Crippen molar-refractivity contribution in [1.82, 2.24) is 9.88 Å². The maximum Gasteiger partial charge on any atom is 0.171 e. The highest BCUT2D eigenvalue weighted by Gasteiger charge is 2.14. The minimum atomic E-state index is -0.543. The summed E-state index contributed by atoms with van der Waals surface area (Å²) >= 11 is 0. The molecule has 0 unspecified atom stereocenters. The van der Waals surface area contributed by atoms with Crippen LogP contribution in [-0.4, -0.2) is 53.2 Å². The van der Waals surface area contributed by atoms with Gasteiger partial charge in [0.25, 0.3) is 0 Å². The van der Waals surface area contributed by atoms with Crippen molar-refractivity contribution in [1.29, 1.82) is 0 Å². The van der Waals surface area contributed by atoms with E-state index in [1.807, 2.05) is 0 Å². The molecule has 1 saturated heterocycles. The molecule has 0 aliphatic carbocycles. The molecule has 20 heavy (non-hydrogen) atoms. The number of aromatic nitrogens is 1. The summed E-state index contributed by atoms with van der Waals surface area (Å²) in [7, 11) is 0. The van der Waals surface area contributed by atoms with Crippen molar-refractivity contribution in [2.24, 2.45) is 10.9 Å². The number of oxime groups is 1. The van der Waals surface area contributed by atoms with Crippen LogP contribution in [0.2, 0.25) is 0 Å². The van der Waals surface area contributed by atoms with Crippen molar-refractivity contribution in [3.05, 3.63) is 30.1 Å². The number of piperidine rings is 1. The molecule has 110 valence electrons. The molecular weight excluding hydrogens is 256 g/mol. The summed E-state index contributed by atoms with van der Waals surface area (Å²) in [6.45, 7) is 2.89. The number of pyridine rings is 1. The Morgan fingerprint density at radius 2 is 2.25 bits per heavy atom. The van der Waals surface area contributed by atoms with Gasteiger partial charge in [-0.1, -0.05) is 11.6 Å². The standard InChI is InChI=1S/C14H22N4O2/c15-14(12-5-4-6-16-9-12)17-20-11-13(19)10-18-7-2-1-3-8-18/h4-6,9,13,19H,1-3,7-8,10-11H2,(H2,15,17)/t13-/m0/s1. The fourth-order valence-corrected chi connectivity index (χ4v) is 2.25. The molecule has 0 saturated carbocycles. The molecular formula is C14H22N4O2. The number of rotatable bonds is 6. The highest BCUT2D eigenvalue weighted by molar-refractivity contribution is 5.96. The molecule has 1 atom stereocenters. The molecule has 6 heteroatoms. The lowest BCUT2D eigenvalue weighted by Gasteiger charge is -2.27. The van der Waals surface area contributed by atoms with Crippen LogP contribution in [0.25, 0.3) is 0 Å². The molecule has 1 aliphatic heterocycles. The Kier molecular flexibility index (Phi) is 5.76. The van der Waals surface area contributed by atoms with Gasteiger partial charge in [0.05, 0.1) is 0 Å². The van der Waals surface area contributed by atoms with Crippen molar-refractivity contribution in [2.75, 3.05) is 26.2 Å². The van der Waals surface area contributed by atoms with E-state index in [9.17, 15) is 5.11 Å². The van der Waals surface area contributed by atoms with Crippen molar-refractivity contribution in [3.8, 4) is 0 Å². The Balaban J connectivity index is 1.71. The van der Waals surface area contributed by atoms with Crippen molar-refractivity contribution in [2.45, 2.75) is 25.4 Å². The first-order chi connectivity index (χ1) is 9.75. The smallest absolute Gasteiger partial charge is 0.171 e. The van der Waals surface area contributed by atoms with Crippen LogP contribution in [0.1, 0.15) is 24.8 Å². The maximum atomic E-state index is 9.90. The Hall–Kier alpha value is -1.66. The number of nitrogens with two attached hydrogens (primary N) is 1. The fourth-order valence-electron chi connectivity index (χ4n) is 2.25. The van der Waals surface area contributed by atoms with E-state index >= 15 is 0 Å². The third kappa shape index (κ3) is 4.79. The zero-order chi connectivity index (χ0) is 14.2. The summed E-state index contributed by atoms with van der Waals surface area (Å²) in [4.78, 5) is 11.3. The second-order valence-corrected chi connectivity index (χ2v) is 5.03. The summed E-state index contributed by atoms with van der Waals surface area (Å²) in [5, 5.41) is 13.7. The van der Waals surface area contributed by atoms with Gasteiger partial charge in [0.15, 0.2) is 5.84 Å². The number of likely N-dealkylation sites (tertiary alicyclic amines) is 1. The lowest BCUT2D eigenvalue weighted by Crippen LogP contribution is -2.38. The van der Waals surface area contributed by atoms with Gasteiger partial charge in [-0.25, -0.2) is 0 Å². The van der Waals surface area contributed by atoms with Gasteiger partial charge < -0.3 is 20.6 Å². The third-order valence-corrected chi connectivity index (χ3v) is 3.30. The van der Waals surface area contributed by atoms with E-state index in [1.165, 1.54) is 19.3 Å². The number of aliphatic hydroxyl groups excluding tert-OH is 1. The van der Waals surface area contributed by atoms with E-state index in [2.05, 4.69) is 15.0 Å².